The van der Waals surface area contributed by atoms with Crippen molar-refractivity contribution in [2.24, 2.45) is 0 Å². The topological polar surface area (TPSA) is 79.5 Å². The highest BCUT2D eigenvalue weighted by molar-refractivity contribution is 5.96. The smallest absolute Gasteiger partial charge is 0.251 e. The molecule has 1 unspecified atom stereocenters. The van der Waals surface area contributed by atoms with Gasteiger partial charge in [-0.05, 0) is 56.2 Å². The molecule has 0 aliphatic carbocycles. The Morgan fingerprint density at radius 2 is 1.79 bits per heavy atom. The third-order valence-electron chi connectivity index (χ3n) is 4.47. The Morgan fingerprint density at radius 3 is 2.48 bits per heavy atom. The molecule has 2 amide bonds. The molecule has 0 bridgehead atoms. The van der Waals surface area contributed by atoms with Crippen molar-refractivity contribution in [3.05, 3.63) is 54.1 Å². The van der Waals surface area contributed by atoms with E-state index in [2.05, 4.69) is 22.9 Å². The van der Waals surface area contributed by atoms with Crippen LogP contribution in [-0.4, -0.2) is 31.0 Å². The maximum Gasteiger partial charge on any atom is 0.251 e. The van der Waals surface area contributed by atoms with E-state index in [1.54, 1.807) is 24.3 Å². The number of anilines is 2. The first kappa shape index (κ1) is 22.3. The van der Waals surface area contributed by atoms with Crippen molar-refractivity contribution >= 4 is 23.2 Å². The van der Waals surface area contributed by atoms with E-state index in [0.717, 1.165) is 30.7 Å². The minimum atomic E-state index is -0.167. The summed E-state index contributed by atoms with van der Waals surface area (Å²) in [6.07, 6.45) is 2.97. The van der Waals surface area contributed by atoms with Gasteiger partial charge in [-0.3, -0.25) is 9.59 Å². The Labute approximate surface area is 173 Å². The number of unbranched alkanes of at least 4 members (excludes halogenated alkanes) is 1. The summed E-state index contributed by atoms with van der Waals surface area (Å²) in [7, 11) is 0. The summed E-state index contributed by atoms with van der Waals surface area (Å²) in [5, 5.41) is 8.84. The Bertz CT molecular complexity index is 790. The highest BCUT2D eigenvalue weighted by atomic mass is 16.5. The zero-order chi connectivity index (χ0) is 21.1. The lowest BCUT2D eigenvalue weighted by Crippen LogP contribution is -2.31. The number of rotatable bonds is 11. The summed E-state index contributed by atoms with van der Waals surface area (Å²) in [6, 6.07) is 14.6. The molecule has 0 saturated heterocycles. The monoisotopic (exact) mass is 397 g/mol. The van der Waals surface area contributed by atoms with E-state index in [0.29, 0.717) is 17.9 Å². The lowest BCUT2D eigenvalue weighted by molar-refractivity contribution is -0.114. The summed E-state index contributed by atoms with van der Waals surface area (Å²) in [5.41, 5.74) is 2.04. The van der Waals surface area contributed by atoms with E-state index < -0.39 is 0 Å². The molecule has 3 N–H and O–H groups in total. The minimum absolute atomic E-state index is 0.111. The summed E-state index contributed by atoms with van der Waals surface area (Å²) in [4.78, 5) is 24.3. The van der Waals surface area contributed by atoms with Crippen molar-refractivity contribution in [3.8, 4) is 5.75 Å². The van der Waals surface area contributed by atoms with Gasteiger partial charge in [0, 0.05) is 29.0 Å². The molecule has 6 heteroatoms. The van der Waals surface area contributed by atoms with Crippen LogP contribution in [0.25, 0.3) is 0 Å². The zero-order valence-electron chi connectivity index (χ0n) is 17.5. The average molecular weight is 398 g/mol. The molecule has 2 aromatic carbocycles. The van der Waals surface area contributed by atoms with Crippen molar-refractivity contribution in [2.75, 3.05) is 23.8 Å². The van der Waals surface area contributed by atoms with Crippen molar-refractivity contribution in [2.45, 2.75) is 46.1 Å². The first-order chi connectivity index (χ1) is 14.0. The Balaban J connectivity index is 1.82. The molecule has 0 saturated carbocycles. The van der Waals surface area contributed by atoms with Gasteiger partial charge < -0.3 is 20.7 Å². The molecule has 6 nitrogen and oxygen atoms in total. The van der Waals surface area contributed by atoms with E-state index in [4.69, 9.17) is 4.74 Å². The van der Waals surface area contributed by atoms with Crippen LogP contribution in [0.2, 0.25) is 0 Å². The molecule has 156 valence electrons. The average Bonchev–Trinajstić information content (AvgIpc) is 2.73. The van der Waals surface area contributed by atoms with Gasteiger partial charge in [0.2, 0.25) is 5.91 Å². The molecule has 0 aliphatic rings. The summed E-state index contributed by atoms with van der Waals surface area (Å²) in [6.45, 7) is 6.93. The number of benzene rings is 2. The molecule has 29 heavy (non-hydrogen) atoms. The van der Waals surface area contributed by atoms with Gasteiger partial charge in [-0.15, -0.1) is 0 Å². The van der Waals surface area contributed by atoms with Crippen molar-refractivity contribution in [1.29, 1.82) is 0 Å². The molecule has 0 heterocycles. The minimum Gasteiger partial charge on any atom is -0.494 e. The maximum atomic E-state index is 12.2. The van der Waals surface area contributed by atoms with Gasteiger partial charge in [-0.25, -0.2) is 0 Å². The molecule has 2 aromatic rings. The fraction of sp³-hybridized carbons (Fsp3) is 0.391. The summed E-state index contributed by atoms with van der Waals surface area (Å²) >= 11 is 0. The van der Waals surface area contributed by atoms with Gasteiger partial charge >= 0.3 is 0 Å². The maximum absolute atomic E-state index is 12.2. The molecule has 0 aromatic heterocycles. The van der Waals surface area contributed by atoms with Crippen molar-refractivity contribution < 1.29 is 14.3 Å². The molecular formula is C23H31N3O3. The van der Waals surface area contributed by atoms with E-state index in [1.807, 2.05) is 38.1 Å². The highest BCUT2D eigenvalue weighted by Crippen LogP contribution is 2.17. The van der Waals surface area contributed by atoms with Crippen LogP contribution in [0.3, 0.4) is 0 Å². The van der Waals surface area contributed by atoms with Crippen molar-refractivity contribution in [1.82, 2.24) is 5.32 Å². The molecule has 2 rings (SSSR count). The van der Waals surface area contributed by atoms with Crippen LogP contribution in [0.4, 0.5) is 11.4 Å². The highest BCUT2D eigenvalue weighted by Gasteiger charge is 2.09. The predicted octanol–water partition coefficient (Wildman–Crippen LogP) is 4.44. The molecule has 1 atom stereocenters. The first-order valence-electron chi connectivity index (χ1n) is 10.2. The number of nitrogens with one attached hydrogen (secondary N) is 3. The van der Waals surface area contributed by atoms with Crippen molar-refractivity contribution in [3.63, 3.8) is 0 Å². The third kappa shape index (κ3) is 7.86. The second kappa shape index (κ2) is 11.7. The van der Waals surface area contributed by atoms with Gasteiger partial charge in [0.15, 0.2) is 0 Å². The van der Waals surface area contributed by atoms with Crippen LogP contribution in [0.15, 0.2) is 48.5 Å². The van der Waals surface area contributed by atoms with Gasteiger partial charge in [0.05, 0.1) is 13.2 Å². The Kier molecular flexibility index (Phi) is 9.02. The summed E-state index contributed by atoms with van der Waals surface area (Å²) < 4.78 is 5.68. The lowest BCUT2D eigenvalue weighted by Gasteiger charge is -2.12. The largest absolute Gasteiger partial charge is 0.494 e. The van der Waals surface area contributed by atoms with Gasteiger partial charge in [-0.2, -0.15) is 0 Å². The van der Waals surface area contributed by atoms with Crippen LogP contribution in [0.5, 0.6) is 5.75 Å². The SMILES string of the molecule is CCCCOc1cccc(NCC(=O)Nc2ccc(C(=O)NC(C)CC)cc2)c1. The number of amides is 2. The normalized spacial score (nSPS) is 11.4. The predicted molar refractivity (Wildman–Crippen MR) is 118 cm³/mol. The van der Waals surface area contributed by atoms with Crippen LogP contribution in [0.1, 0.15) is 50.4 Å². The van der Waals surface area contributed by atoms with E-state index in [1.165, 1.54) is 0 Å². The third-order valence-corrected chi connectivity index (χ3v) is 4.47. The lowest BCUT2D eigenvalue weighted by atomic mass is 10.1. The number of carbonyl (C=O) groups is 2. The molecular weight excluding hydrogens is 366 g/mol. The first-order valence-corrected chi connectivity index (χ1v) is 10.2. The zero-order valence-corrected chi connectivity index (χ0v) is 17.5. The van der Waals surface area contributed by atoms with Gasteiger partial charge in [-0.1, -0.05) is 26.3 Å². The number of ether oxygens (including phenoxy) is 1. The van der Waals surface area contributed by atoms with Gasteiger partial charge in [0.25, 0.3) is 5.91 Å². The standard InChI is InChI=1S/C23H31N3O3/c1-4-6-14-29-21-9-7-8-20(15-21)24-16-22(27)26-19-12-10-18(11-13-19)23(28)25-17(3)5-2/h7-13,15,17,24H,4-6,14,16H2,1-3H3,(H,25,28)(H,26,27). The van der Waals surface area contributed by atoms with Crippen LogP contribution in [0, 0.1) is 0 Å². The van der Waals surface area contributed by atoms with Crippen LogP contribution in [-0.2, 0) is 4.79 Å². The Morgan fingerprint density at radius 1 is 1.03 bits per heavy atom. The quantitative estimate of drug-likeness (QED) is 0.490. The van der Waals surface area contributed by atoms with Crippen LogP contribution >= 0.6 is 0 Å². The number of hydrogen-bond donors (Lipinski definition) is 3. The Hall–Kier alpha value is -3.02. The number of hydrogen-bond acceptors (Lipinski definition) is 4. The van der Waals surface area contributed by atoms with E-state index in [-0.39, 0.29) is 24.4 Å². The van der Waals surface area contributed by atoms with E-state index in [9.17, 15) is 9.59 Å². The molecule has 0 fully saturated rings. The van der Waals surface area contributed by atoms with E-state index >= 15 is 0 Å². The summed E-state index contributed by atoms with van der Waals surface area (Å²) in [5.74, 6) is 0.508. The fourth-order valence-corrected chi connectivity index (χ4v) is 2.53. The van der Waals surface area contributed by atoms with Crippen LogP contribution < -0.4 is 20.7 Å². The fourth-order valence-electron chi connectivity index (χ4n) is 2.53. The number of carbonyl (C=O) groups excluding carboxylic acids is 2. The second-order valence-corrected chi connectivity index (χ2v) is 6.99. The molecule has 0 spiro atoms. The molecule has 0 radical (unpaired) electrons. The second-order valence-electron chi connectivity index (χ2n) is 6.99. The molecule has 0 aliphatic heterocycles. The van der Waals surface area contributed by atoms with Gasteiger partial charge in [0.1, 0.15) is 5.75 Å².